The van der Waals surface area contributed by atoms with Crippen LogP contribution in [-0.4, -0.2) is 27.3 Å². The first-order valence-electron chi connectivity index (χ1n) is 5.85. The van der Waals surface area contributed by atoms with Gasteiger partial charge in [-0.15, -0.1) is 0 Å². The number of hydrogen-bond donors (Lipinski definition) is 1. The number of H-pyrrole nitrogens is 1. The molecule has 1 aliphatic heterocycles. The third-order valence-electron chi connectivity index (χ3n) is 3.59. The summed E-state index contributed by atoms with van der Waals surface area (Å²) in [4.78, 5) is 5.50. The zero-order valence-corrected chi connectivity index (χ0v) is 12.1. The molecule has 0 radical (unpaired) electrons. The molecule has 1 aromatic carbocycles. The maximum absolute atomic E-state index is 6.13. The van der Waals surface area contributed by atoms with Crippen molar-refractivity contribution in [3.8, 4) is 0 Å². The Morgan fingerprint density at radius 1 is 1.28 bits per heavy atom. The second-order valence-corrected chi connectivity index (χ2v) is 7.11. The van der Waals surface area contributed by atoms with E-state index < -0.39 is 3.79 Å². The average Bonchev–Trinajstić information content (AvgIpc) is 2.64. The molecule has 3 rings (SSSR count). The highest BCUT2D eigenvalue weighted by Gasteiger charge is 2.41. The third kappa shape index (κ3) is 1.92. The van der Waals surface area contributed by atoms with Crippen LogP contribution in [0.2, 0.25) is 0 Å². The van der Waals surface area contributed by atoms with E-state index in [1.165, 1.54) is 10.9 Å². The number of aromatic nitrogens is 1. The Morgan fingerprint density at radius 3 is 2.72 bits per heavy atom. The first-order valence-corrected chi connectivity index (χ1v) is 6.98. The average molecular weight is 304 g/mol. The van der Waals surface area contributed by atoms with E-state index in [-0.39, 0.29) is 6.04 Å². The molecular weight excluding hydrogens is 291 g/mol. The van der Waals surface area contributed by atoms with Crippen molar-refractivity contribution in [1.29, 1.82) is 0 Å². The van der Waals surface area contributed by atoms with Crippen molar-refractivity contribution in [3.63, 3.8) is 0 Å². The van der Waals surface area contributed by atoms with E-state index >= 15 is 0 Å². The van der Waals surface area contributed by atoms with Crippen molar-refractivity contribution in [2.75, 3.05) is 13.6 Å². The van der Waals surface area contributed by atoms with Crippen LogP contribution in [-0.2, 0) is 6.42 Å². The molecule has 1 N–H and O–H groups in total. The number of halogens is 3. The number of rotatable bonds is 0. The van der Waals surface area contributed by atoms with Gasteiger partial charge in [-0.25, -0.2) is 0 Å². The molecule has 2 heterocycles. The fourth-order valence-electron chi connectivity index (χ4n) is 2.77. The minimum absolute atomic E-state index is 0.223. The molecule has 0 fully saturated rings. The van der Waals surface area contributed by atoms with E-state index in [9.17, 15) is 0 Å². The van der Waals surface area contributed by atoms with Gasteiger partial charge in [-0.1, -0.05) is 53.0 Å². The second-order valence-electron chi connectivity index (χ2n) is 4.74. The van der Waals surface area contributed by atoms with Gasteiger partial charge in [0.25, 0.3) is 0 Å². The number of nitrogens with one attached hydrogen (secondary N) is 1. The molecule has 0 unspecified atom stereocenters. The third-order valence-corrected chi connectivity index (χ3v) is 4.21. The van der Waals surface area contributed by atoms with Gasteiger partial charge >= 0.3 is 0 Å². The lowest BCUT2D eigenvalue weighted by molar-refractivity contribution is 0.230. The van der Waals surface area contributed by atoms with Crippen LogP contribution >= 0.6 is 34.8 Å². The molecule has 1 atom stereocenters. The molecule has 0 amide bonds. The van der Waals surface area contributed by atoms with E-state index in [1.54, 1.807) is 0 Å². The summed E-state index contributed by atoms with van der Waals surface area (Å²) in [5.41, 5.74) is 3.42. The maximum Gasteiger partial charge on any atom is 0.211 e. The van der Waals surface area contributed by atoms with Crippen LogP contribution in [0.1, 0.15) is 17.3 Å². The number of aromatic amines is 1. The summed E-state index contributed by atoms with van der Waals surface area (Å²) in [6, 6.07) is 8.00. The molecule has 2 aromatic rings. The predicted molar refractivity (Wildman–Crippen MR) is 77.7 cm³/mol. The van der Waals surface area contributed by atoms with Gasteiger partial charge < -0.3 is 4.98 Å². The molecule has 5 heteroatoms. The normalized spacial score (nSPS) is 21.2. The minimum Gasteiger partial charge on any atom is -0.357 e. The van der Waals surface area contributed by atoms with E-state index in [0.29, 0.717) is 0 Å². The van der Waals surface area contributed by atoms with Gasteiger partial charge in [0.15, 0.2) is 0 Å². The zero-order chi connectivity index (χ0) is 12.9. The Balaban J connectivity index is 2.23. The summed E-state index contributed by atoms with van der Waals surface area (Å²) in [5, 5.41) is 1.24. The first kappa shape index (κ1) is 12.6. The molecule has 2 nitrogen and oxygen atoms in total. The molecule has 0 spiro atoms. The van der Waals surface area contributed by atoms with Crippen LogP contribution in [0, 0.1) is 0 Å². The fraction of sp³-hybridized carbons (Fsp3) is 0.385. The van der Waals surface area contributed by atoms with Gasteiger partial charge in [0.2, 0.25) is 3.79 Å². The summed E-state index contributed by atoms with van der Waals surface area (Å²) in [6.07, 6.45) is 0.979. The van der Waals surface area contributed by atoms with Gasteiger partial charge in [0.05, 0.1) is 6.04 Å². The number of alkyl halides is 3. The van der Waals surface area contributed by atoms with Crippen LogP contribution in [0.3, 0.4) is 0 Å². The van der Waals surface area contributed by atoms with Crippen molar-refractivity contribution in [1.82, 2.24) is 9.88 Å². The number of likely N-dealkylation sites (N-methyl/N-ethyl adjacent to an activating group) is 1. The van der Waals surface area contributed by atoms with Gasteiger partial charge in [-0.2, -0.15) is 0 Å². The van der Waals surface area contributed by atoms with Gasteiger partial charge in [-0.05, 0) is 25.1 Å². The summed E-state index contributed by atoms with van der Waals surface area (Å²) >= 11 is 18.4. The van der Waals surface area contributed by atoms with E-state index in [0.717, 1.165) is 24.2 Å². The standard InChI is InChI=1S/C13H13Cl3N2/c1-18-7-6-9-8-4-2-3-5-10(8)17-11(9)12(18)13(14,15)16/h2-5,12,17H,6-7H2,1H3/t12-/m0/s1. The molecule has 18 heavy (non-hydrogen) atoms. The first-order chi connectivity index (χ1) is 8.48. The van der Waals surface area contributed by atoms with Gasteiger partial charge in [0.1, 0.15) is 0 Å². The largest absolute Gasteiger partial charge is 0.357 e. The lowest BCUT2D eigenvalue weighted by atomic mass is 9.98. The molecule has 0 aliphatic carbocycles. The van der Waals surface area contributed by atoms with E-state index in [1.807, 2.05) is 19.2 Å². The lowest BCUT2D eigenvalue weighted by Crippen LogP contribution is -2.39. The highest BCUT2D eigenvalue weighted by Crippen LogP contribution is 2.47. The number of para-hydroxylation sites is 1. The minimum atomic E-state index is -1.33. The quantitative estimate of drug-likeness (QED) is 0.727. The van der Waals surface area contributed by atoms with Crippen LogP contribution in [0.25, 0.3) is 10.9 Å². The Bertz CT molecular complexity index is 585. The van der Waals surface area contributed by atoms with Crippen LogP contribution in [0.5, 0.6) is 0 Å². The van der Waals surface area contributed by atoms with Gasteiger partial charge in [-0.3, -0.25) is 4.90 Å². The number of hydrogen-bond acceptors (Lipinski definition) is 1. The molecular formula is C13H13Cl3N2. The van der Waals surface area contributed by atoms with E-state index in [4.69, 9.17) is 34.8 Å². The fourth-order valence-corrected chi connectivity index (χ4v) is 3.60. The molecule has 1 aromatic heterocycles. The SMILES string of the molecule is CN1CCc2c([nH]c3ccccc23)[C@H]1C(Cl)(Cl)Cl. The Hall–Kier alpha value is -0.410. The van der Waals surface area contributed by atoms with Crippen molar-refractivity contribution < 1.29 is 0 Å². The Kier molecular flexibility index (Phi) is 3.02. The molecule has 0 saturated heterocycles. The van der Waals surface area contributed by atoms with Crippen molar-refractivity contribution in [2.24, 2.45) is 0 Å². The Labute approximate surface area is 121 Å². The van der Waals surface area contributed by atoms with E-state index in [2.05, 4.69) is 22.0 Å². The van der Waals surface area contributed by atoms with Crippen molar-refractivity contribution in [2.45, 2.75) is 16.3 Å². The monoisotopic (exact) mass is 302 g/mol. The van der Waals surface area contributed by atoms with Crippen LogP contribution in [0.4, 0.5) is 0 Å². The van der Waals surface area contributed by atoms with Crippen LogP contribution in [0.15, 0.2) is 24.3 Å². The topological polar surface area (TPSA) is 19.0 Å². The predicted octanol–water partition coefficient (Wildman–Crippen LogP) is 4.07. The van der Waals surface area contributed by atoms with Crippen LogP contribution < -0.4 is 0 Å². The highest BCUT2D eigenvalue weighted by atomic mass is 35.6. The smallest absolute Gasteiger partial charge is 0.211 e. The highest BCUT2D eigenvalue weighted by molar-refractivity contribution is 6.68. The Morgan fingerprint density at radius 2 is 2.00 bits per heavy atom. The van der Waals surface area contributed by atoms with Gasteiger partial charge in [0, 0.05) is 23.1 Å². The molecule has 1 aliphatic rings. The second kappa shape index (κ2) is 4.31. The number of fused-ring (bicyclic) bond motifs is 3. The molecule has 0 bridgehead atoms. The van der Waals surface area contributed by atoms with Crippen molar-refractivity contribution in [3.05, 3.63) is 35.5 Å². The zero-order valence-electron chi connectivity index (χ0n) is 9.88. The maximum atomic E-state index is 6.13. The van der Waals surface area contributed by atoms with Crippen molar-refractivity contribution >= 4 is 45.7 Å². The number of nitrogens with zero attached hydrogens (tertiary/aromatic N) is 1. The summed E-state index contributed by atoms with van der Waals surface area (Å²) < 4.78 is -1.33. The molecule has 0 saturated carbocycles. The number of benzene rings is 1. The summed E-state index contributed by atoms with van der Waals surface area (Å²) in [6.45, 7) is 0.896. The summed E-state index contributed by atoms with van der Waals surface area (Å²) in [7, 11) is 1.99. The lowest BCUT2D eigenvalue weighted by Gasteiger charge is -2.36. The summed E-state index contributed by atoms with van der Waals surface area (Å²) in [5.74, 6) is 0. The molecule has 96 valence electrons.